The Kier molecular flexibility index (Phi) is 5.77. The first kappa shape index (κ1) is 20.0. The molecule has 28 heavy (non-hydrogen) atoms. The average Bonchev–Trinajstić information content (AvgIpc) is 2.66. The molecule has 1 N–H and O–H groups in total. The molecule has 3 aromatic rings. The Morgan fingerprint density at radius 1 is 1.00 bits per heavy atom. The molecule has 0 aliphatic carbocycles. The maximum atomic E-state index is 12.7. The van der Waals surface area contributed by atoms with E-state index >= 15 is 0 Å². The van der Waals surface area contributed by atoms with Crippen molar-refractivity contribution in [2.24, 2.45) is 0 Å². The van der Waals surface area contributed by atoms with Crippen molar-refractivity contribution in [3.63, 3.8) is 0 Å². The minimum atomic E-state index is -0.960. The third-order valence-corrected chi connectivity index (χ3v) is 4.36. The van der Waals surface area contributed by atoms with E-state index in [4.69, 9.17) is 21.1 Å². The fourth-order valence-electron chi connectivity index (χ4n) is 2.69. The minimum absolute atomic E-state index is 0.123. The molecule has 0 atom stereocenters. The average molecular weight is 400 g/mol. The zero-order valence-corrected chi connectivity index (χ0v) is 16.7. The van der Waals surface area contributed by atoms with Crippen LogP contribution >= 0.6 is 11.6 Å². The Morgan fingerprint density at radius 2 is 1.71 bits per heavy atom. The molecule has 0 saturated heterocycles. The molecular formula is C22H22ClNO4. The summed E-state index contributed by atoms with van der Waals surface area (Å²) < 4.78 is 12.5. The fraction of sp³-hybridized carbons (Fsp3) is 0.227. The lowest BCUT2D eigenvalue weighted by Gasteiger charge is -2.19. The molecule has 0 spiro atoms. The third-order valence-electron chi connectivity index (χ3n) is 4.10. The van der Waals surface area contributed by atoms with E-state index in [0.29, 0.717) is 22.2 Å². The van der Waals surface area contributed by atoms with E-state index in [2.05, 4.69) is 0 Å². The van der Waals surface area contributed by atoms with Crippen LogP contribution in [0.3, 0.4) is 0 Å². The van der Waals surface area contributed by atoms with E-state index in [1.807, 2.05) is 18.2 Å². The summed E-state index contributed by atoms with van der Waals surface area (Å²) >= 11 is 5.92. The monoisotopic (exact) mass is 399 g/mol. The largest absolute Gasteiger partial charge is 0.493 e. The van der Waals surface area contributed by atoms with Crippen molar-refractivity contribution in [1.82, 2.24) is 4.57 Å². The van der Waals surface area contributed by atoms with Crippen LogP contribution in [0, 0.1) is 0 Å². The van der Waals surface area contributed by atoms with Gasteiger partial charge in [0.25, 0.3) is 5.56 Å². The molecule has 1 heterocycles. The second-order valence-corrected chi connectivity index (χ2v) is 7.50. The highest BCUT2D eigenvalue weighted by molar-refractivity contribution is 6.30. The van der Waals surface area contributed by atoms with Gasteiger partial charge in [-0.25, -0.2) is 0 Å². The molecule has 6 heteroatoms. The third kappa shape index (κ3) is 4.74. The van der Waals surface area contributed by atoms with Crippen LogP contribution in [0.1, 0.15) is 13.8 Å². The summed E-state index contributed by atoms with van der Waals surface area (Å²) in [7, 11) is 1.53. The number of methoxy groups -OCH3 is 1. The van der Waals surface area contributed by atoms with Crippen molar-refractivity contribution in [2.45, 2.75) is 19.4 Å². The van der Waals surface area contributed by atoms with Crippen LogP contribution in [0.4, 0.5) is 0 Å². The summed E-state index contributed by atoms with van der Waals surface area (Å²) in [6.45, 7) is 3.45. The van der Waals surface area contributed by atoms with Crippen molar-refractivity contribution in [3.05, 3.63) is 76.2 Å². The van der Waals surface area contributed by atoms with Crippen LogP contribution in [0.2, 0.25) is 5.02 Å². The zero-order chi connectivity index (χ0) is 20.3. The highest BCUT2D eigenvalue weighted by atomic mass is 35.5. The van der Waals surface area contributed by atoms with Gasteiger partial charge in [0.15, 0.2) is 11.5 Å². The molecule has 0 aliphatic rings. The first-order valence-corrected chi connectivity index (χ1v) is 9.17. The van der Waals surface area contributed by atoms with E-state index in [0.717, 1.165) is 11.1 Å². The minimum Gasteiger partial charge on any atom is -0.493 e. The first-order chi connectivity index (χ1) is 13.3. The topological polar surface area (TPSA) is 60.7 Å². The van der Waals surface area contributed by atoms with E-state index in [1.54, 1.807) is 56.4 Å². The normalized spacial score (nSPS) is 11.3. The number of hydrogen-bond acceptors (Lipinski definition) is 4. The Balaban J connectivity index is 1.91. The van der Waals surface area contributed by atoms with Crippen LogP contribution in [0.15, 0.2) is 65.6 Å². The number of halogens is 1. The lowest BCUT2D eigenvalue weighted by atomic mass is 10.1. The molecule has 2 aromatic carbocycles. The molecule has 5 nitrogen and oxygen atoms in total. The predicted molar refractivity (Wildman–Crippen MR) is 111 cm³/mol. The first-order valence-electron chi connectivity index (χ1n) is 8.79. The number of rotatable bonds is 6. The van der Waals surface area contributed by atoms with Crippen molar-refractivity contribution in [1.29, 1.82) is 0 Å². The van der Waals surface area contributed by atoms with E-state index < -0.39 is 5.60 Å². The molecule has 0 unspecified atom stereocenters. The summed E-state index contributed by atoms with van der Waals surface area (Å²) in [5.74, 6) is 0.981. The number of aliphatic hydroxyl groups is 1. The fourth-order valence-corrected chi connectivity index (χ4v) is 2.82. The van der Waals surface area contributed by atoms with Crippen molar-refractivity contribution in [3.8, 4) is 28.3 Å². The van der Waals surface area contributed by atoms with E-state index in [1.165, 1.54) is 11.7 Å². The standard InChI is InChI=1S/C22H22ClNO4/c1-22(2,26)14-28-19-9-8-18(13-20(19)27-3)24-11-10-16(12-21(24)25)15-4-6-17(23)7-5-15/h4-13,26H,14H2,1-3H3. The number of hydrogen-bond donors (Lipinski definition) is 1. The quantitative estimate of drug-likeness (QED) is 0.670. The van der Waals surface area contributed by atoms with E-state index in [-0.39, 0.29) is 12.2 Å². The van der Waals surface area contributed by atoms with E-state index in [9.17, 15) is 9.90 Å². The van der Waals surface area contributed by atoms with Gasteiger partial charge in [-0.05, 0) is 55.3 Å². The van der Waals surface area contributed by atoms with Gasteiger partial charge >= 0.3 is 0 Å². The number of pyridine rings is 1. The molecule has 0 saturated carbocycles. The highest BCUT2D eigenvalue weighted by Gasteiger charge is 2.16. The Hall–Kier alpha value is -2.76. The van der Waals surface area contributed by atoms with Crippen LogP contribution in [-0.2, 0) is 0 Å². The van der Waals surface area contributed by atoms with Crippen molar-refractivity contribution in [2.75, 3.05) is 13.7 Å². The van der Waals surface area contributed by atoms with Gasteiger partial charge < -0.3 is 14.6 Å². The van der Waals surface area contributed by atoms with Crippen molar-refractivity contribution < 1.29 is 14.6 Å². The lowest BCUT2D eigenvalue weighted by Crippen LogP contribution is -2.28. The number of nitrogens with zero attached hydrogens (tertiary/aromatic N) is 1. The Labute approximate surface area is 168 Å². The molecule has 0 amide bonds. The second kappa shape index (κ2) is 8.09. The second-order valence-electron chi connectivity index (χ2n) is 7.07. The van der Waals surface area contributed by atoms with Crippen LogP contribution in [-0.4, -0.2) is 29.0 Å². The number of benzene rings is 2. The summed E-state index contributed by atoms with van der Waals surface area (Å²) in [5, 5.41) is 10.5. The Morgan fingerprint density at radius 3 is 2.32 bits per heavy atom. The molecule has 0 radical (unpaired) electrons. The van der Waals surface area contributed by atoms with Gasteiger partial charge in [-0.15, -0.1) is 0 Å². The van der Waals surface area contributed by atoms with Crippen LogP contribution in [0.5, 0.6) is 11.5 Å². The smallest absolute Gasteiger partial charge is 0.255 e. The molecule has 0 aliphatic heterocycles. The molecule has 3 rings (SSSR count). The number of ether oxygens (including phenoxy) is 2. The SMILES string of the molecule is COc1cc(-n2ccc(-c3ccc(Cl)cc3)cc2=O)ccc1OCC(C)(C)O. The molecule has 0 bridgehead atoms. The summed E-state index contributed by atoms with van der Waals surface area (Å²) in [4.78, 5) is 12.7. The predicted octanol–water partition coefficient (Wildman–Crippen LogP) is 4.32. The molecule has 0 fully saturated rings. The van der Waals surface area contributed by atoms with Gasteiger partial charge in [-0.1, -0.05) is 23.7 Å². The molecular weight excluding hydrogens is 378 g/mol. The van der Waals surface area contributed by atoms with Crippen LogP contribution in [0.25, 0.3) is 16.8 Å². The summed E-state index contributed by atoms with van der Waals surface area (Å²) in [6.07, 6.45) is 1.72. The maximum Gasteiger partial charge on any atom is 0.255 e. The van der Waals surface area contributed by atoms with Gasteiger partial charge in [-0.2, -0.15) is 0 Å². The summed E-state index contributed by atoms with van der Waals surface area (Å²) in [6, 6.07) is 16.0. The van der Waals surface area contributed by atoms with Crippen molar-refractivity contribution >= 4 is 11.6 Å². The lowest BCUT2D eigenvalue weighted by molar-refractivity contribution is 0.0276. The van der Waals surface area contributed by atoms with Gasteiger partial charge in [0.2, 0.25) is 0 Å². The van der Waals surface area contributed by atoms with Crippen LogP contribution < -0.4 is 15.0 Å². The van der Waals surface area contributed by atoms with Gasteiger partial charge in [0.05, 0.1) is 18.4 Å². The van der Waals surface area contributed by atoms with Gasteiger partial charge in [0.1, 0.15) is 6.61 Å². The Bertz CT molecular complexity index is 1020. The van der Waals surface area contributed by atoms with Gasteiger partial charge in [0, 0.05) is 23.4 Å². The van der Waals surface area contributed by atoms with Gasteiger partial charge in [-0.3, -0.25) is 9.36 Å². The highest BCUT2D eigenvalue weighted by Crippen LogP contribution is 2.30. The summed E-state index contributed by atoms with van der Waals surface area (Å²) in [5.41, 5.74) is 1.26. The maximum absolute atomic E-state index is 12.7. The molecule has 146 valence electrons. The zero-order valence-electron chi connectivity index (χ0n) is 16.0. The molecule has 1 aromatic heterocycles. The number of aromatic nitrogens is 1.